The first-order valence-corrected chi connectivity index (χ1v) is 5.99. The molecule has 0 saturated carbocycles. The number of nitrogens with one attached hydrogen (secondary N) is 1. The highest BCUT2D eigenvalue weighted by Gasteiger charge is 2.44. The Morgan fingerprint density at radius 2 is 1.90 bits per heavy atom. The number of aromatic amines is 1. The van der Waals surface area contributed by atoms with Gasteiger partial charge in [-0.3, -0.25) is 14.3 Å². The van der Waals surface area contributed by atoms with Crippen molar-refractivity contribution in [1.82, 2.24) is 9.55 Å². The van der Waals surface area contributed by atoms with Crippen LogP contribution in [0, 0.1) is 6.92 Å². The van der Waals surface area contributed by atoms with Gasteiger partial charge in [-0.25, -0.2) is 4.79 Å². The third-order valence-electron chi connectivity index (χ3n) is 3.29. The first kappa shape index (κ1) is 14.9. The molecular formula is C11H16N2O7. The van der Waals surface area contributed by atoms with E-state index in [1.165, 1.54) is 13.1 Å². The second kappa shape index (κ2) is 5.46. The van der Waals surface area contributed by atoms with Crippen molar-refractivity contribution in [3.63, 3.8) is 0 Å². The SMILES string of the molecule is Cc1cn(C2O[C@H](CO)[C@@H](O)[C@@H](O)[C@H]2O)c(=O)[nH]c1=O. The molecule has 112 valence electrons. The molecule has 1 aliphatic heterocycles. The molecule has 9 heteroatoms. The van der Waals surface area contributed by atoms with E-state index in [0.717, 1.165) is 4.57 Å². The number of hydrogen-bond acceptors (Lipinski definition) is 7. The largest absolute Gasteiger partial charge is 0.394 e. The Labute approximate surface area is 112 Å². The Bertz CT molecular complexity index is 593. The van der Waals surface area contributed by atoms with Crippen molar-refractivity contribution in [2.24, 2.45) is 0 Å². The molecule has 1 fully saturated rings. The van der Waals surface area contributed by atoms with E-state index in [9.17, 15) is 24.9 Å². The van der Waals surface area contributed by atoms with E-state index in [-0.39, 0.29) is 5.56 Å². The Morgan fingerprint density at radius 3 is 2.50 bits per heavy atom. The van der Waals surface area contributed by atoms with Gasteiger partial charge in [-0.2, -0.15) is 0 Å². The number of ether oxygens (including phenoxy) is 1. The Morgan fingerprint density at radius 1 is 1.25 bits per heavy atom. The maximum Gasteiger partial charge on any atom is 0.330 e. The Balaban J connectivity index is 2.44. The van der Waals surface area contributed by atoms with Gasteiger partial charge < -0.3 is 25.2 Å². The molecule has 9 nitrogen and oxygen atoms in total. The van der Waals surface area contributed by atoms with Gasteiger partial charge in [0.1, 0.15) is 24.4 Å². The third kappa shape index (κ3) is 2.41. The molecule has 20 heavy (non-hydrogen) atoms. The lowest BCUT2D eigenvalue weighted by Crippen LogP contribution is -2.58. The highest BCUT2D eigenvalue weighted by Crippen LogP contribution is 2.27. The summed E-state index contributed by atoms with van der Waals surface area (Å²) in [7, 11) is 0. The summed E-state index contributed by atoms with van der Waals surface area (Å²) in [4.78, 5) is 25.1. The van der Waals surface area contributed by atoms with Crippen LogP contribution in [0.4, 0.5) is 0 Å². The summed E-state index contributed by atoms with van der Waals surface area (Å²) in [6.45, 7) is 0.858. The zero-order chi connectivity index (χ0) is 15.0. The first-order valence-electron chi connectivity index (χ1n) is 5.99. The molecule has 2 rings (SSSR count). The van der Waals surface area contributed by atoms with Gasteiger partial charge in [-0.1, -0.05) is 0 Å². The molecule has 1 aromatic heterocycles. The van der Waals surface area contributed by atoms with Gasteiger partial charge in [0, 0.05) is 11.8 Å². The predicted octanol–water partition coefficient (Wildman–Crippen LogP) is -3.18. The molecule has 0 amide bonds. The lowest BCUT2D eigenvalue weighted by molar-refractivity contribution is -0.252. The smallest absolute Gasteiger partial charge is 0.330 e. The van der Waals surface area contributed by atoms with Crippen LogP contribution < -0.4 is 11.2 Å². The minimum Gasteiger partial charge on any atom is -0.394 e. The number of hydrogen-bond donors (Lipinski definition) is 5. The highest BCUT2D eigenvalue weighted by molar-refractivity contribution is 5.03. The summed E-state index contributed by atoms with van der Waals surface area (Å²) >= 11 is 0. The average Bonchev–Trinajstić information content (AvgIpc) is 2.41. The Kier molecular flexibility index (Phi) is 4.06. The number of aliphatic hydroxyl groups excluding tert-OH is 4. The van der Waals surface area contributed by atoms with Crippen LogP contribution in [-0.4, -0.2) is 61.0 Å². The maximum atomic E-state index is 11.7. The van der Waals surface area contributed by atoms with Crippen LogP contribution >= 0.6 is 0 Å². The lowest BCUT2D eigenvalue weighted by Gasteiger charge is -2.40. The summed E-state index contributed by atoms with van der Waals surface area (Å²) in [5.74, 6) is 0. The average molecular weight is 288 g/mol. The molecule has 1 saturated heterocycles. The first-order chi connectivity index (χ1) is 9.36. The molecular weight excluding hydrogens is 272 g/mol. The fourth-order valence-corrected chi connectivity index (χ4v) is 2.09. The van der Waals surface area contributed by atoms with Crippen LogP contribution in [0.2, 0.25) is 0 Å². The standard InChI is InChI=1S/C11H16N2O7/c1-4-2-13(11(19)12-9(4)18)10-8(17)7(16)6(15)5(3-14)20-10/h2,5-8,10,14-17H,3H2,1H3,(H,12,18,19)/t5-,6-,7-,8-,10?/m1/s1. The second-order valence-electron chi connectivity index (χ2n) is 4.70. The quantitative estimate of drug-likeness (QED) is 0.385. The fraction of sp³-hybridized carbons (Fsp3) is 0.636. The molecule has 1 unspecified atom stereocenters. The van der Waals surface area contributed by atoms with Crippen molar-refractivity contribution < 1.29 is 25.2 Å². The van der Waals surface area contributed by atoms with E-state index in [1.807, 2.05) is 4.98 Å². The van der Waals surface area contributed by atoms with Gasteiger partial charge in [0.15, 0.2) is 6.23 Å². The molecule has 0 radical (unpaired) electrons. The van der Waals surface area contributed by atoms with E-state index in [0.29, 0.717) is 0 Å². The van der Waals surface area contributed by atoms with Crippen molar-refractivity contribution >= 4 is 0 Å². The number of H-pyrrole nitrogens is 1. The molecule has 5 N–H and O–H groups in total. The van der Waals surface area contributed by atoms with Crippen molar-refractivity contribution in [3.8, 4) is 0 Å². The van der Waals surface area contributed by atoms with Crippen LogP contribution in [0.1, 0.15) is 11.8 Å². The molecule has 5 atom stereocenters. The zero-order valence-corrected chi connectivity index (χ0v) is 10.6. The number of nitrogens with zero attached hydrogens (tertiary/aromatic N) is 1. The van der Waals surface area contributed by atoms with Crippen LogP contribution in [0.15, 0.2) is 15.8 Å². The lowest BCUT2D eigenvalue weighted by atomic mass is 9.98. The van der Waals surface area contributed by atoms with E-state index in [4.69, 9.17) is 9.84 Å². The normalized spacial score (nSPS) is 34.1. The predicted molar refractivity (Wildman–Crippen MR) is 65.1 cm³/mol. The van der Waals surface area contributed by atoms with Gasteiger partial charge in [-0.05, 0) is 6.92 Å². The number of aryl methyl sites for hydroxylation is 1. The zero-order valence-electron chi connectivity index (χ0n) is 10.6. The summed E-state index contributed by atoms with van der Waals surface area (Å²) < 4.78 is 6.13. The molecule has 2 heterocycles. The van der Waals surface area contributed by atoms with Crippen molar-refractivity contribution in [3.05, 3.63) is 32.6 Å². The summed E-state index contributed by atoms with van der Waals surface area (Å²) in [6, 6.07) is 0. The number of rotatable bonds is 2. The van der Waals surface area contributed by atoms with Crippen molar-refractivity contribution in [2.45, 2.75) is 37.6 Å². The highest BCUT2D eigenvalue weighted by atomic mass is 16.6. The van der Waals surface area contributed by atoms with E-state index in [1.54, 1.807) is 0 Å². The van der Waals surface area contributed by atoms with Gasteiger partial charge in [0.2, 0.25) is 0 Å². The fourth-order valence-electron chi connectivity index (χ4n) is 2.09. The second-order valence-corrected chi connectivity index (χ2v) is 4.70. The van der Waals surface area contributed by atoms with Crippen LogP contribution in [0.25, 0.3) is 0 Å². The van der Waals surface area contributed by atoms with Crippen LogP contribution in [0.5, 0.6) is 0 Å². The topological polar surface area (TPSA) is 145 Å². The van der Waals surface area contributed by atoms with Crippen LogP contribution in [-0.2, 0) is 4.74 Å². The van der Waals surface area contributed by atoms with Crippen molar-refractivity contribution in [1.29, 1.82) is 0 Å². The van der Waals surface area contributed by atoms with Gasteiger partial charge in [0.25, 0.3) is 5.56 Å². The number of aliphatic hydroxyl groups is 4. The van der Waals surface area contributed by atoms with E-state index < -0.39 is 48.5 Å². The molecule has 0 aliphatic carbocycles. The maximum absolute atomic E-state index is 11.7. The monoisotopic (exact) mass is 288 g/mol. The third-order valence-corrected chi connectivity index (χ3v) is 3.29. The van der Waals surface area contributed by atoms with Gasteiger partial charge >= 0.3 is 5.69 Å². The van der Waals surface area contributed by atoms with E-state index >= 15 is 0 Å². The molecule has 1 aromatic rings. The molecule has 0 bridgehead atoms. The minimum absolute atomic E-state index is 0.210. The molecule has 0 spiro atoms. The van der Waals surface area contributed by atoms with Crippen LogP contribution in [0.3, 0.4) is 0 Å². The number of aromatic nitrogens is 2. The molecule has 1 aliphatic rings. The van der Waals surface area contributed by atoms with Gasteiger partial charge in [-0.15, -0.1) is 0 Å². The summed E-state index contributed by atoms with van der Waals surface area (Å²) in [6.07, 6.45) is -5.97. The minimum atomic E-state index is -1.59. The molecule has 0 aromatic carbocycles. The van der Waals surface area contributed by atoms with Gasteiger partial charge in [0.05, 0.1) is 6.61 Å². The summed E-state index contributed by atoms with van der Waals surface area (Å²) in [5, 5.41) is 38.3. The van der Waals surface area contributed by atoms with E-state index in [2.05, 4.69) is 0 Å². The van der Waals surface area contributed by atoms with Crippen molar-refractivity contribution in [2.75, 3.05) is 6.61 Å². The Hall–Kier alpha value is -1.52. The summed E-state index contributed by atoms with van der Waals surface area (Å²) in [5.41, 5.74) is -1.19.